The molecule has 0 fully saturated rings. The normalized spacial score (nSPS) is 11.5. The molecule has 6 nitrogen and oxygen atoms in total. The van der Waals surface area contributed by atoms with Gasteiger partial charge in [0.2, 0.25) is 11.8 Å². The van der Waals surface area contributed by atoms with Crippen molar-refractivity contribution in [1.82, 2.24) is 10.2 Å². The molecule has 1 unspecified atom stereocenters. The summed E-state index contributed by atoms with van der Waals surface area (Å²) in [6, 6.07) is 12.5. The zero-order valence-corrected chi connectivity index (χ0v) is 18.4. The van der Waals surface area contributed by atoms with E-state index in [0.717, 1.165) is 17.7 Å². The molecule has 2 aromatic carbocycles. The summed E-state index contributed by atoms with van der Waals surface area (Å²) in [6.07, 6.45) is 1.56. The van der Waals surface area contributed by atoms with Crippen molar-refractivity contribution in [2.75, 3.05) is 20.3 Å². The lowest BCUT2D eigenvalue weighted by Gasteiger charge is -2.29. The summed E-state index contributed by atoms with van der Waals surface area (Å²) in [5, 5.41) is 2.83. The first kappa shape index (κ1) is 24.2. The third kappa shape index (κ3) is 7.92. The van der Waals surface area contributed by atoms with Gasteiger partial charge in [-0.05, 0) is 61.7 Å². The van der Waals surface area contributed by atoms with Crippen LogP contribution in [0.3, 0.4) is 0 Å². The number of carbonyl (C=O) groups excluding carboxylic acids is 2. The van der Waals surface area contributed by atoms with Crippen LogP contribution in [0.4, 0.5) is 4.39 Å². The fourth-order valence-corrected chi connectivity index (χ4v) is 2.99. The van der Waals surface area contributed by atoms with Crippen LogP contribution >= 0.6 is 0 Å². The highest BCUT2D eigenvalue weighted by molar-refractivity contribution is 5.87. The van der Waals surface area contributed by atoms with Gasteiger partial charge in [0.1, 0.15) is 23.4 Å². The number of nitrogens with zero attached hydrogens (tertiary/aromatic N) is 1. The number of rotatable bonds is 12. The van der Waals surface area contributed by atoms with Gasteiger partial charge in [-0.3, -0.25) is 9.59 Å². The molecule has 1 atom stereocenters. The Labute approximate surface area is 183 Å². The number of ether oxygens (including phenoxy) is 2. The second kappa shape index (κ2) is 12.6. The van der Waals surface area contributed by atoms with E-state index in [0.29, 0.717) is 25.3 Å². The minimum atomic E-state index is -0.633. The molecule has 0 saturated carbocycles. The molecule has 0 aromatic heterocycles. The maximum atomic E-state index is 13.2. The zero-order chi connectivity index (χ0) is 22.6. The predicted molar refractivity (Wildman–Crippen MR) is 117 cm³/mol. The van der Waals surface area contributed by atoms with Crippen LogP contribution in [-0.4, -0.2) is 43.0 Å². The van der Waals surface area contributed by atoms with Gasteiger partial charge >= 0.3 is 0 Å². The van der Waals surface area contributed by atoms with E-state index in [1.54, 1.807) is 26.2 Å². The van der Waals surface area contributed by atoms with E-state index in [2.05, 4.69) is 5.32 Å². The number of hydrogen-bond acceptors (Lipinski definition) is 4. The Kier molecular flexibility index (Phi) is 9.81. The topological polar surface area (TPSA) is 67.9 Å². The molecule has 0 bridgehead atoms. The standard InChI is InChI=1S/C24H31FN2O4/c1-4-15-26-24(29)18(2)27(17-19-7-9-20(25)10-8-19)23(28)6-5-16-31-22-13-11-21(30-3)12-14-22/h7-14,18H,4-6,15-17H2,1-3H3,(H,26,29). The molecule has 2 rings (SSSR count). The lowest BCUT2D eigenvalue weighted by Crippen LogP contribution is -2.47. The second-order valence-corrected chi connectivity index (χ2v) is 7.24. The summed E-state index contributed by atoms with van der Waals surface area (Å²) < 4.78 is 24.0. The van der Waals surface area contributed by atoms with Crippen LogP contribution in [0.2, 0.25) is 0 Å². The van der Waals surface area contributed by atoms with Crippen LogP contribution in [0.1, 0.15) is 38.7 Å². The van der Waals surface area contributed by atoms with Crippen molar-refractivity contribution < 1.29 is 23.5 Å². The Morgan fingerprint density at radius 3 is 2.32 bits per heavy atom. The third-order valence-corrected chi connectivity index (χ3v) is 4.85. The first-order valence-electron chi connectivity index (χ1n) is 10.5. The van der Waals surface area contributed by atoms with Crippen LogP contribution < -0.4 is 14.8 Å². The third-order valence-electron chi connectivity index (χ3n) is 4.85. The van der Waals surface area contributed by atoms with Crippen LogP contribution in [0.5, 0.6) is 11.5 Å². The van der Waals surface area contributed by atoms with Crippen molar-refractivity contribution in [2.45, 2.75) is 45.7 Å². The molecule has 1 N–H and O–H groups in total. The summed E-state index contributed by atoms with van der Waals surface area (Å²) in [6.45, 7) is 4.84. The van der Waals surface area contributed by atoms with Crippen LogP contribution in [0.25, 0.3) is 0 Å². The average molecular weight is 431 g/mol. The first-order valence-corrected chi connectivity index (χ1v) is 10.5. The molecule has 31 heavy (non-hydrogen) atoms. The van der Waals surface area contributed by atoms with Crippen molar-refractivity contribution in [3.8, 4) is 11.5 Å². The second-order valence-electron chi connectivity index (χ2n) is 7.24. The van der Waals surface area contributed by atoms with Gasteiger partial charge in [0, 0.05) is 19.5 Å². The molecular weight excluding hydrogens is 399 g/mol. The molecule has 7 heteroatoms. The quantitative estimate of drug-likeness (QED) is 0.518. The van der Waals surface area contributed by atoms with E-state index in [4.69, 9.17) is 9.47 Å². The molecule has 0 radical (unpaired) electrons. The SMILES string of the molecule is CCCNC(=O)C(C)N(Cc1ccc(F)cc1)C(=O)CCCOc1ccc(OC)cc1. The molecule has 2 aromatic rings. The predicted octanol–water partition coefficient (Wildman–Crippen LogP) is 3.94. The van der Waals surface area contributed by atoms with E-state index in [9.17, 15) is 14.0 Å². The smallest absolute Gasteiger partial charge is 0.242 e. The van der Waals surface area contributed by atoms with Gasteiger partial charge < -0.3 is 19.7 Å². The molecule has 168 valence electrons. The maximum absolute atomic E-state index is 13.2. The number of carbonyl (C=O) groups is 2. The summed E-state index contributed by atoms with van der Waals surface area (Å²) in [4.78, 5) is 26.9. The van der Waals surface area contributed by atoms with Crippen LogP contribution in [0.15, 0.2) is 48.5 Å². The van der Waals surface area contributed by atoms with E-state index in [-0.39, 0.29) is 30.6 Å². The largest absolute Gasteiger partial charge is 0.497 e. The highest BCUT2D eigenvalue weighted by atomic mass is 19.1. The molecular formula is C24H31FN2O4. The summed E-state index contributed by atoms with van der Waals surface area (Å²) in [7, 11) is 1.60. The Hall–Kier alpha value is -3.09. The van der Waals surface area contributed by atoms with E-state index in [1.807, 2.05) is 31.2 Å². The summed E-state index contributed by atoms with van der Waals surface area (Å²) in [5.41, 5.74) is 0.763. The van der Waals surface area contributed by atoms with Crippen molar-refractivity contribution >= 4 is 11.8 Å². The van der Waals surface area contributed by atoms with Gasteiger partial charge in [0.15, 0.2) is 0 Å². The number of halogens is 1. The minimum absolute atomic E-state index is 0.151. The Balaban J connectivity index is 1.95. The molecule has 0 saturated heterocycles. The monoisotopic (exact) mass is 430 g/mol. The Bertz CT molecular complexity index is 824. The molecule has 0 aliphatic carbocycles. The highest BCUT2D eigenvalue weighted by Crippen LogP contribution is 2.18. The zero-order valence-electron chi connectivity index (χ0n) is 18.4. The lowest BCUT2D eigenvalue weighted by atomic mass is 10.1. The van der Waals surface area contributed by atoms with Crippen molar-refractivity contribution in [2.24, 2.45) is 0 Å². The maximum Gasteiger partial charge on any atom is 0.242 e. The van der Waals surface area contributed by atoms with Gasteiger partial charge in [-0.15, -0.1) is 0 Å². The number of hydrogen-bond donors (Lipinski definition) is 1. The van der Waals surface area contributed by atoms with Crippen molar-refractivity contribution in [3.63, 3.8) is 0 Å². The van der Waals surface area contributed by atoms with Crippen molar-refractivity contribution in [3.05, 3.63) is 59.9 Å². The summed E-state index contributed by atoms with van der Waals surface area (Å²) >= 11 is 0. The number of benzene rings is 2. The lowest BCUT2D eigenvalue weighted by molar-refractivity contribution is -0.140. The van der Waals surface area contributed by atoms with E-state index in [1.165, 1.54) is 17.0 Å². The Morgan fingerprint density at radius 2 is 1.71 bits per heavy atom. The van der Waals surface area contributed by atoms with Gasteiger partial charge in [0.25, 0.3) is 0 Å². The van der Waals surface area contributed by atoms with Gasteiger partial charge in [0.05, 0.1) is 13.7 Å². The molecule has 0 aliphatic rings. The van der Waals surface area contributed by atoms with Gasteiger partial charge in [-0.25, -0.2) is 4.39 Å². The molecule has 2 amide bonds. The Morgan fingerprint density at radius 1 is 1.06 bits per heavy atom. The fourth-order valence-electron chi connectivity index (χ4n) is 2.99. The fraction of sp³-hybridized carbons (Fsp3) is 0.417. The molecule has 0 spiro atoms. The van der Waals surface area contributed by atoms with Gasteiger partial charge in [-0.1, -0.05) is 19.1 Å². The summed E-state index contributed by atoms with van der Waals surface area (Å²) in [5.74, 6) is 0.748. The van der Waals surface area contributed by atoms with Crippen LogP contribution in [0, 0.1) is 5.82 Å². The minimum Gasteiger partial charge on any atom is -0.497 e. The van der Waals surface area contributed by atoms with E-state index < -0.39 is 6.04 Å². The number of nitrogens with one attached hydrogen (secondary N) is 1. The van der Waals surface area contributed by atoms with E-state index >= 15 is 0 Å². The van der Waals surface area contributed by atoms with Crippen molar-refractivity contribution in [1.29, 1.82) is 0 Å². The van der Waals surface area contributed by atoms with Crippen LogP contribution in [-0.2, 0) is 16.1 Å². The molecule has 0 heterocycles. The highest BCUT2D eigenvalue weighted by Gasteiger charge is 2.25. The first-order chi connectivity index (χ1) is 14.9. The number of methoxy groups -OCH3 is 1. The number of amides is 2. The molecule has 0 aliphatic heterocycles. The van der Waals surface area contributed by atoms with Gasteiger partial charge in [-0.2, -0.15) is 0 Å². The average Bonchev–Trinajstić information content (AvgIpc) is 2.79.